The highest BCUT2D eigenvalue weighted by atomic mass is 32.1. The Hall–Kier alpha value is -1.13. The van der Waals surface area contributed by atoms with E-state index < -0.39 is 0 Å². The van der Waals surface area contributed by atoms with Crippen molar-refractivity contribution in [2.24, 2.45) is 12.8 Å². The molecule has 0 aliphatic carbocycles. The van der Waals surface area contributed by atoms with Crippen LogP contribution in [0, 0.1) is 0 Å². The molecule has 86 valence electrons. The Kier molecular flexibility index (Phi) is 3.41. The van der Waals surface area contributed by atoms with Crippen LogP contribution in [-0.2, 0) is 19.9 Å². The maximum atomic E-state index is 6.17. The third kappa shape index (κ3) is 2.33. The topological polar surface area (TPSA) is 43.8 Å². The van der Waals surface area contributed by atoms with Gasteiger partial charge >= 0.3 is 0 Å². The van der Waals surface area contributed by atoms with E-state index in [1.54, 1.807) is 6.33 Å². The normalized spacial score (nSPS) is 12.9. The molecule has 0 spiro atoms. The van der Waals surface area contributed by atoms with Crippen molar-refractivity contribution < 1.29 is 0 Å². The lowest BCUT2D eigenvalue weighted by Crippen LogP contribution is -2.15. The molecular formula is C12H17N3S. The number of nitrogens with two attached hydrogens (primary N) is 1. The summed E-state index contributed by atoms with van der Waals surface area (Å²) in [6.07, 6.45) is 5.63. The van der Waals surface area contributed by atoms with Gasteiger partial charge in [-0.25, -0.2) is 4.98 Å². The molecule has 2 N–H and O–H groups in total. The Morgan fingerprint density at radius 3 is 2.75 bits per heavy atom. The lowest BCUT2D eigenvalue weighted by atomic mass is 10.1. The van der Waals surface area contributed by atoms with Crippen LogP contribution in [0.15, 0.2) is 24.7 Å². The lowest BCUT2D eigenvalue weighted by molar-refractivity contribution is 0.661. The summed E-state index contributed by atoms with van der Waals surface area (Å²) < 4.78 is 1.99. The van der Waals surface area contributed by atoms with Crippen molar-refractivity contribution in [1.29, 1.82) is 0 Å². The van der Waals surface area contributed by atoms with Crippen LogP contribution in [0.3, 0.4) is 0 Å². The van der Waals surface area contributed by atoms with Crippen LogP contribution >= 0.6 is 11.3 Å². The minimum atomic E-state index is 0.0378. The van der Waals surface area contributed by atoms with Gasteiger partial charge in [0, 0.05) is 29.4 Å². The van der Waals surface area contributed by atoms with Crippen LogP contribution in [0.5, 0.6) is 0 Å². The van der Waals surface area contributed by atoms with Gasteiger partial charge in [0.1, 0.15) is 0 Å². The lowest BCUT2D eigenvalue weighted by Gasteiger charge is -2.10. The second-order valence-corrected chi connectivity index (χ2v) is 5.21. The van der Waals surface area contributed by atoms with Gasteiger partial charge in [-0.15, -0.1) is 11.3 Å². The second-order valence-electron chi connectivity index (χ2n) is 3.96. The van der Waals surface area contributed by atoms with E-state index in [-0.39, 0.29) is 6.04 Å². The Balaban J connectivity index is 2.07. The molecule has 2 aromatic rings. The van der Waals surface area contributed by atoms with Crippen LogP contribution in [0.1, 0.15) is 28.4 Å². The Morgan fingerprint density at radius 1 is 1.44 bits per heavy atom. The van der Waals surface area contributed by atoms with Crippen molar-refractivity contribution in [3.8, 4) is 0 Å². The maximum absolute atomic E-state index is 6.17. The number of hydrogen-bond donors (Lipinski definition) is 1. The number of nitrogens with zero attached hydrogens (tertiary/aromatic N) is 2. The summed E-state index contributed by atoms with van der Waals surface area (Å²) >= 11 is 1.85. The zero-order chi connectivity index (χ0) is 11.5. The predicted octanol–water partition coefficient (Wildman–Crippen LogP) is 2.29. The van der Waals surface area contributed by atoms with E-state index in [1.807, 2.05) is 29.1 Å². The van der Waals surface area contributed by atoms with Gasteiger partial charge in [0.05, 0.1) is 18.1 Å². The van der Waals surface area contributed by atoms with Crippen LogP contribution < -0.4 is 5.73 Å². The first-order valence-electron chi connectivity index (χ1n) is 5.50. The van der Waals surface area contributed by atoms with Crippen molar-refractivity contribution in [2.45, 2.75) is 25.8 Å². The molecule has 0 radical (unpaired) electrons. The van der Waals surface area contributed by atoms with Gasteiger partial charge in [-0.2, -0.15) is 0 Å². The molecule has 0 aliphatic heterocycles. The summed E-state index contributed by atoms with van der Waals surface area (Å²) in [7, 11) is 1.98. The summed E-state index contributed by atoms with van der Waals surface area (Å²) in [6, 6.07) is 4.41. The summed E-state index contributed by atoms with van der Waals surface area (Å²) in [4.78, 5) is 6.87. The summed E-state index contributed by atoms with van der Waals surface area (Å²) in [5, 5.41) is 0. The van der Waals surface area contributed by atoms with E-state index in [2.05, 4.69) is 24.0 Å². The molecule has 0 amide bonds. The summed E-state index contributed by atoms with van der Waals surface area (Å²) in [5.74, 6) is 0. The minimum Gasteiger partial charge on any atom is -0.336 e. The number of rotatable bonds is 4. The van der Waals surface area contributed by atoms with Gasteiger partial charge in [0.15, 0.2) is 0 Å². The zero-order valence-electron chi connectivity index (χ0n) is 9.68. The molecule has 2 heterocycles. The third-order valence-corrected chi connectivity index (χ3v) is 3.97. The molecule has 0 saturated heterocycles. The average molecular weight is 235 g/mol. The number of aryl methyl sites for hydroxylation is 2. The first-order chi connectivity index (χ1) is 7.70. The number of thiophene rings is 1. The molecule has 0 saturated carbocycles. The first-order valence-corrected chi connectivity index (χ1v) is 6.31. The van der Waals surface area contributed by atoms with Gasteiger partial charge in [0.25, 0.3) is 0 Å². The molecule has 2 aromatic heterocycles. The molecule has 0 aliphatic rings. The molecule has 0 fully saturated rings. The molecule has 3 nitrogen and oxygen atoms in total. The maximum Gasteiger partial charge on any atom is 0.0946 e. The standard InChI is InChI=1S/C12H17N3S/c1-3-9-4-5-10(16-9)6-11(13)12-7-14-8-15(12)2/h4-5,7-8,11H,3,6,13H2,1-2H3. The van der Waals surface area contributed by atoms with Crippen LogP contribution in [0.2, 0.25) is 0 Å². The summed E-state index contributed by atoms with van der Waals surface area (Å²) in [6.45, 7) is 2.18. The molecule has 0 aromatic carbocycles. The highest BCUT2D eigenvalue weighted by Crippen LogP contribution is 2.22. The largest absolute Gasteiger partial charge is 0.336 e. The van der Waals surface area contributed by atoms with Crippen molar-refractivity contribution in [2.75, 3.05) is 0 Å². The van der Waals surface area contributed by atoms with E-state index in [0.717, 1.165) is 18.5 Å². The molecular weight excluding hydrogens is 218 g/mol. The fourth-order valence-electron chi connectivity index (χ4n) is 1.77. The van der Waals surface area contributed by atoms with Crippen LogP contribution in [-0.4, -0.2) is 9.55 Å². The van der Waals surface area contributed by atoms with E-state index >= 15 is 0 Å². The van der Waals surface area contributed by atoms with E-state index in [4.69, 9.17) is 5.73 Å². The molecule has 1 unspecified atom stereocenters. The average Bonchev–Trinajstić information content (AvgIpc) is 2.86. The van der Waals surface area contributed by atoms with Gasteiger partial charge in [-0.3, -0.25) is 0 Å². The van der Waals surface area contributed by atoms with Crippen LogP contribution in [0.4, 0.5) is 0 Å². The van der Waals surface area contributed by atoms with Crippen LogP contribution in [0.25, 0.3) is 0 Å². The third-order valence-electron chi connectivity index (χ3n) is 2.72. The molecule has 16 heavy (non-hydrogen) atoms. The van der Waals surface area contributed by atoms with Crippen molar-refractivity contribution >= 4 is 11.3 Å². The summed E-state index contributed by atoms with van der Waals surface area (Å²) in [5.41, 5.74) is 7.26. The van der Waals surface area contributed by atoms with Gasteiger partial charge in [0.2, 0.25) is 0 Å². The number of imidazole rings is 1. The Labute approximate surface area is 99.9 Å². The van der Waals surface area contributed by atoms with E-state index in [0.29, 0.717) is 0 Å². The van der Waals surface area contributed by atoms with Crippen molar-refractivity contribution in [3.05, 3.63) is 40.1 Å². The van der Waals surface area contributed by atoms with E-state index in [9.17, 15) is 0 Å². The molecule has 1 atom stereocenters. The first kappa shape index (κ1) is 11.4. The zero-order valence-corrected chi connectivity index (χ0v) is 10.5. The molecule has 0 bridgehead atoms. The second kappa shape index (κ2) is 4.80. The quantitative estimate of drug-likeness (QED) is 0.883. The smallest absolute Gasteiger partial charge is 0.0946 e. The molecule has 4 heteroatoms. The Morgan fingerprint density at radius 2 is 2.19 bits per heavy atom. The molecule has 2 rings (SSSR count). The number of aromatic nitrogens is 2. The van der Waals surface area contributed by atoms with Crippen molar-refractivity contribution in [1.82, 2.24) is 9.55 Å². The fraction of sp³-hybridized carbons (Fsp3) is 0.417. The van der Waals surface area contributed by atoms with Gasteiger partial charge in [-0.1, -0.05) is 6.92 Å². The van der Waals surface area contributed by atoms with Crippen molar-refractivity contribution in [3.63, 3.8) is 0 Å². The SMILES string of the molecule is CCc1ccc(CC(N)c2cncn2C)s1. The fourth-order valence-corrected chi connectivity index (χ4v) is 2.78. The van der Waals surface area contributed by atoms with Gasteiger partial charge < -0.3 is 10.3 Å². The minimum absolute atomic E-state index is 0.0378. The van der Waals surface area contributed by atoms with Gasteiger partial charge in [-0.05, 0) is 18.6 Å². The predicted molar refractivity (Wildman–Crippen MR) is 67.5 cm³/mol. The highest BCUT2D eigenvalue weighted by Gasteiger charge is 2.11. The number of hydrogen-bond acceptors (Lipinski definition) is 3. The Bertz CT molecular complexity index is 458. The van der Waals surface area contributed by atoms with E-state index in [1.165, 1.54) is 9.75 Å². The monoisotopic (exact) mass is 235 g/mol. The highest BCUT2D eigenvalue weighted by molar-refractivity contribution is 7.11.